The van der Waals surface area contributed by atoms with E-state index in [9.17, 15) is 39.6 Å². The zero-order valence-electron chi connectivity index (χ0n) is 32.7. The fourth-order valence-corrected chi connectivity index (χ4v) is 6.53. The second kappa shape index (κ2) is 20.8. The second-order valence-electron chi connectivity index (χ2n) is 13.1. The Kier molecular flexibility index (Phi) is 15.7. The third-order valence-electron chi connectivity index (χ3n) is 9.51. The summed E-state index contributed by atoms with van der Waals surface area (Å²) in [7, 11) is 0. The van der Waals surface area contributed by atoms with E-state index >= 15 is 0 Å². The fraction of sp³-hybridized carbons (Fsp3) is 0.267. The lowest BCUT2D eigenvalue weighted by molar-refractivity contribution is -0.523. The van der Waals surface area contributed by atoms with Crippen LogP contribution in [0.4, 0.5) is 17.1 Å². The molecule has 1 aliphatic carbocycles. The summed E-state index contributed by atoms with van der Waals surface area (Å²) in [5.74, 6) is -4.71. The summed E-state index contributed by atoms with van der Waals surface area (Å²) in [5.41, 5.74) is 7.95. The van der Waals surface area contributed by atoms with Crippen molar-refractivity contribution in [3.63, 3.8) is 0 Å². The molecule has 298 valence electrons. The minimum absolute atomic E-state index is 0.246. The van der Waals surface area contributed by atoms with Crippen molar-refractivity contribution in [2.75, 3.05) is 67.1 Å². The molecule has 0 bridgehead atoms. The lowest BCUT2D eigenvalue weighted by Gasteiger charge is -2.24. The van der Waals surface area contributed by atoms with Crippen LogP contribution in [-0.2, 0) is 19.2 Å². The van der Waals surface area contributed by atoms with Gasteiger partial charge in [0.05, 0.1) is 37.5 Å². The van der Waals surface area contributed by atoms with Gasteiger partial charge < -0.3 is 54.3 Å². The first kappa shape index (κ1) is 43.0. The SMILES string of the molecule is CCN(CC(=O)[O-])c1ccc(C(=C/C=C/C(=C2C=CC(=[N+](CC)CC(=O)[O-])C=C2)c2ccc(N(CC)CC(=O)[O-])cc2)c2ccc(N(CC)CC(=O)[O-])cc2)cc1. The zero-order valence-corrected chi connectivity index (χ0v) is 32.7. The van der Waals surface area contributed by atoms with Gasteiger partial charge in [0.2, 0.25) is 0 Å². The van der Waals surface area contributed by atoms with Crippen molar-refractivity contribution in [1.29, 1.82) is 0 Å². The summed E-state index contributed by atoms with van der Waals surface area (Å²) < 4.78 is 1.70. The topological polar surface area (TPSA) is 173 Å². The molecule has 0 fully saturated rings. The second-order valence-corrected chi connectivity index (χ2v) is 13.1. The molecule has 0 saturated heterocycles. The van der Waals surface area contributed by atoms with E-state index in [1.54, 1.807) is 19.3 Å². The van der Waals surface area contributed by atoms with Crippen LogP contribution in [0.15, 0.2) is 121 Å². The minimum Gasteiger partial charge on any atom is -0.548 e. The van der Waals surface area contributed by atoms with Crippen molar-refractivity contribution >= 4 is 57.8 Å². The number of carbonyl (C=O) groups is 4. The Morgan fingerprint density at radius 3 is 1.26 bits per heavy atom. The van der Waals surface area contributed by atoms with Gasteiger partial charge in [-0.05, 0) is 110 Å². The summed E-state index contributed by atoms with van der Waals surface area (Å²) >= 11 is 0. The number of likely N-dealkylation sites (N-methyl/N-ethyl adjacent to an activating group) is 4. The van der Waals surface area contributed by atoms with E-state index in [4.69, 9.17) is 0 Å². The number of aliphatic carboxylic acids is 4. The van der Waals surface area contributed by atoms with E-state index in [-0.39, 0.29) is 26.2 Å². The Labute approximate surface area is 333 Å². The van der Waals surface area contributed by atoms with Crippen molar-refractivity contribution < 1.29 is 44.2 Å². The molecule has 0 aliphatic heterocycles. The number of hydrogen-bond donors (Lipinski definition) is 0. The van der Waals surface area contributed by atoms with Crippen molar-refractivity contribution in [2.24, 2.45) is 0 Å². The standard InChI is InChI=1S/C45H50N4O8/c1-5-46(28-42(50)51)36-20-12-32(13-21-36)40(33-14-22-37(23-15-33)47(6-2)29-43(52)53)10-9-11-41(34-16-24-38(25-17-34)48(7-3)30-44(54)55)35-18-26-39(27-19-35)49(8-4)31-45(56)57/h9-27H,5-8,28-31H2,1-4H3,(H3-,50,51,52,53,54,55,56,57)/p-3. The van der Waals surface area contributed by atoms with Crippen molar-refractivity contribution in [3.8, 4) is 0 Å². The maximum Gasteiger partial charge on any atom is 0.200 e. The number of carbonyl (C=O) groups excluding carboxylic acids is 4. The molecule has 0 radical (unpaired) electrons. The van der Waals surface area contributed by atoms with Crippen molar-refractivity contribution in [1.82, 2.24) is 0 Å². The van der Waals surface area contributed by atoms with Gasteiger partial charge in [0.15, 0.2) is 12.3 Å². The Bertz CT molecular complexity index is 2010. The highest BCUT2D eigenvalue weighted by Crippen LogP contribution is 2.30. The molecule has 0 atom stereocenters. The van der Waals surface area contributed by atoms with Crippen LogP contribution < -0.4 is 35.1 Å². The Morgan fingerprint density at radius 1 is 0.544 bits per heavy atom. The van der Waals surface area contributed by atoms with Gasteiger partial charge in [0.25, 0.3) is 0 Å². The highest BCUT2D eigenvalue weighted by atomic mass is 16.4. The number of allylic oxidation sites excluding steroid dienone is 9. The normalized spacial score (nSPS) is 12.0. The average molecular weight is 772 g/mol. The van der Waals surface area contributed by atoms with Gasteiger partial charge >= 0.3 is 0 Å². The van der Waals surface area contributed by atoms with E-state index in [1.165, 1.54) is 0 Å². The van der Waals surface area contributed by atoms with E-state index in [0.717, 1.165) is 56.2 Å². The molecule has 57 heavy (non-hydrogen) atoms. The molecule has 12 nitrogen and oxygen atoms in total. The number of benzene rings is 3. The molecular formula is C45H47N4O8-3. The first-order valence-corrected chi connectivity index (χ1v) is 18.8. The van der Waals surface area contributed by atoms with E-state index < -0.39 is 23.9 Å². The van der Waals surface area contributed by atoms with Gasteiger partial charge in [0.1, 0.15) is 12.5 Å². The van der Waals surface area contributed by atoms with Gasteiger partial charge in [0, 0.05) is 48.8 Å². The maximum absolute atomic E-state index is 11.4. The molecule has 4 rings (SSSR count). The number of carboxylic acids is 4. The monoisotopic (exact) mass is 771 g/mol. The molecule has 0 amide bonds. The molecular weight excluding hydrogens is 725 g/mol. The third-order valence-corrected chi connectivity index (χ3v) is 9.51. The van der Waals surface area contributed by atoms with Gasteiger partial charge in [-0.15, -0.1) is 0 Å². The maximum atomic E-state index is 11.4. The van der Waals surface area contributed by atoms with Crippen molar-refractivity contribution in [2.45, 2.75) is 27.7 Å². The van der Waals surface area contributed by atoms with E-state index in [2.05, 4.69) is 0 Å². The molecule has 3 aromatic rings. The highest BCUT2D eigenvalue weighted by molar-refractivity contribution is 6.04. The van der Waals surface area contributed by atoms with Gasteiger partial charge in [-0.2, -0.15) is 0 Å². The highest BCUT2D eigenvalue weighted by Gasteiger charge is 2.15. The lowest BCUT2D eigenvalue weighted by Crippen LogP contribution is -2.38. The third kappa shape index (κ3) is 12.1. The van der Waals surface area contributed by atoms with Gasteiger partial charge in [-0.25, -0.2) is 4.58 Å². The number of carboxylic acid groups (broad SMARTS) is 4. The Balaban J connectivity index is 1.84. The van der Waals surface area contributed by atoms with Crippen LogP contribution in [0.2, 0.25) is 0 Å². The van der Waals surface area contributed by atoms with Crippen LogP contribution >= 0.6 is 0 Å². The predicted octanol–water partition coefficient (Wildman–Crippen LogP) is 1.21. The molecule has 12 heteroatoms. The first-order valence-electron chi connectivity index (χ1n) is 18.8. The molecule has 0 aromatic heterocycles. The molecule has 0 saturated carbocycles. The van der Waals surface area contributed by atoms with Crippen LogP contribution in [0.3, 0.4) is 0 Å². The lowest BCUT2D eigenvalue weighted by atomic mass is 9.94. The summed E-state index contributed by atoms with van der Waals surface area (Å²) in [6.07, 6.45) is 13.4. The molecule has 0 N–H and O–H groups in total. The van der Waals surface area contributed by atoms with Crippen LogP contribution in [0.5, 0.6) is 0 Å². The van der Waals surface area contributed by atoms with E-state index in [0.29, 0.717) is 26.2 Å². The van der Waals surface area contributed by atoms with Crippen molar-refractivity contribution in [3.05, 3.63) is 138 Å². The van der Waals surface area contributed by atoms with Crippen LogP contribution in [-0.4, -0.2) is 86.5 Å². The zero-order chi connectivity index (χ0) is 41.5. The minimum atomic E-state index is -1.18. The number of rotatable bonds is 20. The van der Waals surface area contributed by atoms with Gasteiger partial charge in [-0.1, -0.05) is 54.6 Å². The van der Waals surface area contributed by atoms with Crippen LogP contribution in [0.25, 0.3) is 11.1 Å². The van der Waals surface area contributed by atoms with Crippen LogP contribution in [0.1, 0.15) is 44.4 Å². The molecule has 1 aliphatic rings. The molecule has 0 spiro atoms. The fourth-order valence-electron chi connectivity index (χ4n) is 6.53. The van der Waals surface area contributed by atoms with Crippen LogP contribution in [0, 0.1) is 0 Å². The molecule has 0 unspecified atom stereocenters. The summed E-state index contributed by atoms with van der Waals surface area (Å²) in [5, 5.41) is 45.5. The summed E-state index contributed by atoms with van der Waals surface area (Å²) in [4.78, 5) is 50.6. The largest absolute Gasteiger partial charge is 0.548 e. The summed E-state index contributed by atoms with van der Waals surface area (Å²) in [6.45, 7) is 8.37. The number of nitrogens with zero attached hydrogens (tertiary/aromatic N) is 4. The summed E-state index contributed by atoms with van der Waals surface area (Å²) in [6, 6.07) is 22.6. The number of anilines is 3. The Hall–Kier alpha value is -6.69. The van der Waals surface area contributed by atoms with Gasteiger partial charge in [-0.3, -0.25) is 0 Å². The quantitative estimate of drug-likeness (QED) is 0.119. The molecule has 3 aromatic carbocycles. The molecule has 0 heterocycles. The average Bonchev–Trinajstić information content (AvgIpc) is 3.20. The smallest absolute Gasteiger partial charge is 0.200 e. The first-order chi connectivity index (χ1) is 27.4. The van der Waals surface area contributed by atoms with E-state index in [1.807, 2.05) is 143 Å². The Morgan fingerprint density at radius 2 is 0.930 bits per heavy atom. The predicted molar refractivity (Wildman–Crippen MR) is 215 cm³/mol. The number of hydrogen-bond acceptors (Lipinski definition) is 11.